The molecule has 2 aliphatic rings. The zero-order valence-corrected chi connectivity index (χ0v) is 18.3. The molecule has 1 fully saturated rings. The monoisotopic (exact) mass is 463 g/mol. The second-order valence-corrected chi connectivity index (χ2v) is 9.75. The molecule has 2 aromatic rings. The highest BCUT2D eigenvalue weighted by atomic mass is 32.2. The van der Waals surface area contributed by atoms with Crippen LogP contribution >= 0.6 is 11.8 Å². The number of anilines is 2. The summed E-state index contributed by atoms with van der Waals surface area (Å²) in [7, 11) is -2.35. The summed E-state index contributed by atoms with van der Waals surface area (Å²) in [5.74, 6) is -0.126. The van der Waals surface area contributed by atoms with Gasteiger partial charge in [0.2, 0.25) is 11.8 Å². The summed E-state index contributed by atoms with van der Waals surface area (Å²) < 4.78 is 38.4. The van der Waals surface area contributed by atoms with Gasteiger partial charge in [-0.2, -0.15) is 0 Å². The number of nitrogens with zero attached hydrogens (tertiary/aromatic N) is 1. The van der Waals surface area contributed by atoms with Crippen molar-refractivity contribution < 1.29 is 27.5 Å². The van der Waals surface area contributed by atoms with E-state index in [4.69, 9.17) is 9.47 Å². The van der Waals surface area contributed by atoms with Crippen LogP contribution in [-0.2, 0) is 24.3 Å². The highest BCUT2D eigenvalue weighted by Crippen LogP contribution is 2.38. The van der Waals surface area contributed by atoms with Gasteiger partial charge in [0.05, 0.1) is 30.9 Å². The molecule has 11 heteroatoms. The summed E-state index contributed by atoms with van der Waals surface area (Å²) in [5.41, 5.74) is 0.742. The van der Waals surface area contributed by atoms with Crippen LogP contribution in [-0.4, -0.2) is 63.8 Å². The summed E-state index contributed by atoms with van der Waals surface area (Å²) in [4.78, 5) is 27.5. The molecule has 9 nitrogen and oxygen atoms in total. The highest BCUT2D eigenvalue weighted by Gasteiger charge is 2.36. The van der Waals surface area contributed by atoms with E-state index in [1.54, 1.807) is 35.2 Å². The summed E-state index contributed by atoms with van der Waals surface area (Å²) in [5, 5.41) is 1.76. The molecule has 1 atom stereocenters. The number of carbonyl (C=O) groups is 2. The maximum absolute atomic E-state index is 12.8. The topological polar surface area (TPSA) is 114 Å². The predicted molar refractivity (Wildman–Crippen MR) is 116 cm³/mol. The molecule has 4 rings (SSSR count). The molecule has 2 amide bonds. The number of nitrogens with one attached hydrogen (secondary N) is 2. The van der Waals surface area contributed by atoms with Crippen molar-refractivity contribution in [2.75, 3.05) is 43.5 Å². The van der Waals surface area contributed by atoms with E-state index in [-0.39, 0.29) is 10.8 Å². The predicted octanol–water partition coefficient (Wildman–Crippen LogP) is 1.77. The van der Waals surface area contributed by atoms with Gasteiger partial charge in [0.15, 0.2) is 5.25 Å². The Balaban J connectivity index is 1.51. The van der Waals surface area contributed by atoms with Crippen LogP contribution in [0, 0.1) is 0 Å². The maximum atomic E-state index is 12.8. The standard InChI is InChI=1S/C20H21N3O6S2/c1-28-14-4-2-13(3-5-14)22-31(26,27)15-6-7-17-16(12-15)21-19(24)18(30-17)20(25)23-8-10-29-11-9-23/h2-7,12,18,22H,8-11H2,1H3,(H,21,24). The molecule has 0 saturated carbocycles. The third-order valence-electron chi connectivity index (χ3n) is 4.89. The fraction of sp³-hybridized carbons (Fsp3) is 0.300. The first-order valence-corrected chi connectivity index (χ1v) is 11.9. The molecule has 0 spiro atoms. The van der Waals surface area contributed by atoms with E-state index in [1.807, 2.05) is 0 Å². The number of methoxy groups -OCH3 is 1. The number of ether oxygens (including phenoxy) is 2. The number of hydrogen-bond donors (Lipinski definition) is 2. The molecule has 0 aliphatic carbocycles. The van der Waals surface area contributed by atoms with E-state index in [1.165, 1.54) is 19.2 Å². The number of thioether (sulfide) groups is 1. The lowest BCUT2D eigenvalue weighted by Crippen LogP contribution is -2.49. The number of rotatable bonds is 5. The van der Waals surface area contributed by atoms with Crippen molar-refractivity contribution in [3.05, 3.63) is 42.5 Å². The minimum Gasteiger partial charge on any atom is -0.497 e. The molecule has 2 N–H and O–H groups in total. The van der Waals surface area contributed by atoms with E-state index in [9.17, 15) is 18.0 Å². The normalized spacial score (nSPS) is 18.7. The fourth-order valence-electron chi connectivity index (χ4n) is 3.24. The van der Waals surface area contributed by atoms with Crippen LogP contribution in [0.25, 0.3) is 0 Å². The van der Waals surface area contributed by atoms with Crippen LogP contribution in [0.4, 0.5) is 11.4 Å². The fourth-order valence-corrected chi connectivity index (χ4v) is 5.38. The van der Waals surface area contributed by atoms with Crippen LogP contribution in [0.2, 0.25) is 0 Å². The molecular weight excluding hydrogens is 442 g/mol. The molecule has 2 aliphatic heterocycles. The van der Waals surface area contributed by atoms with Gasteiger partial charge < -0.3 is 19.7 Å². The first kappa shape index (κ1) is 21.5. The first-order valence-electron chi connectivity index (χ1n) is 9.52. The van der Waals surface area contributed by atoms with E-state index >= 15 is 0 Å². The van der Waals surface area contributed by atoms with Gasteiger partial charge in [-0.15, -0.1) is 11.8 Å². The SMILES string of the molecule is COc1ccc(NS(=O)(=O)c2ccc3c(c2)NC(=O)C(C(=O)N2CCOCC2)S3)cc1. The Morgan fingerprint density at radius 2 is 1.90 bits per heavy atom. The smallest absolute Gasteiger partial charge is 0.261 e. The Hall–Kier alpha value is -2.76. The van der Waals surface area contributed by atoms with Crippen molar-refractivity contribution >= 4 is 45.0 Å². The zero-order chi connectivity index (χ0) is 22.0. The Bertz CT molecular complexity index is 1100. The summed E-state index contributed by atoms with van der Waals surface area (Å²) in [6.45, 7) is 1.79. The van der Waals surface area contributed by atoms with Crippen LogP contribution in [0.1, 0.15) is 0 Å². The summed E-state index contributed by atoms with van der Waals surface area (Å²) in [6.07, 6.45) is 0. The average Bonchev–Trinajstić information content (AvgIpc) is 2.78. The van der Waals surface area contributed by atoms with Gasteiger partial charge in [-0.25, -0.2) is 8.42 Å². The van der Waals surface area contributed by atoms with Gasteiger partial charge >= 0.3 is 0 Å². The first-order chi connectivity index (χ1) is 14.9. The molecule has 0 aromatic heterocycles. The highest BCUT2D eigenvalue weighted by molar-refractivity contribution is 8.01. The second kappa shape index (κ2) is 8.77. The van der Waals surface area contributed by atoms with Gasteiger partial charge in [0, 0.05) is 23.7 Å². The number of benzene rings is 2. The van der Waals surface area contributed by atoms with Gasteiger partial charge in [0.1, 0.15) is 5.75 Å². The molecule has 2 aromatic carbocycles. The van der Waals surface area contributed by atoms with Gasteiger partial charge in [-0.3, -0.25) is 14.3 Å². The quantitative estimate of drug-likeness (QED) is 0.650. The molecule has 1 saturated heterocycles. The van der Waals surface area contributed by atoms with Crippen molar-refractivity contribution in [1.82, 2.24) is 4.90 Å². The van der Waals surface area contributed by atoms with E-state index < -0.39 is 21.2 Å². The Labute approximate surface area is 184 Å². The van der Waals surface area contributed by atoms with Crippen molar-refractivity contribution in [1.29, 1.82) is 0 Å². The number of morpholine rings is 1. The van der Waals surface area contributed by atoms with E-state index in [2.05, 4.69) is 10.0 Å². The Morgan fingerprint density at radius 1 is 1.19 bits per heavy atom. The minimum absolute atomic E-state index is 0.000855. The van der Waals surface area contributed by atoms with E-state index in [0.717, 1.165) is 11.8 Å². The Kier molecular flexibility index (Phi) is 6.08. The molecular formula is C20H21N3O6S2. The lowest BCUT2D eigenvalue weighted by molar-refractivity contribution is -0.137. The largest absolute Gasteiger partial charge is 0.497 e. The average molecular weight is 464 g/mol. The maximum Gasteiger partial charge on any atom is 0.261 e. The van der Waals surface area contributed by atoms with Crippen LogP contribution in [0.15, 0.2) is 52.3 Å². The van der Waals surface area contributed by atoms with E-state index in [0.29, 0.717) is 48.3 Å². The lowest BCUT2D eigenvalue weighted by Gasteiger charge is -2.31. The third-order valence-corrected chi connectivity index (χ3v) is 7.53. The van der Waals surface area contributed by atoms with Crippen molar-refractivity contribution in [2.45, 2.75) is 15.0 Å². The Morgan fingerprint density at radius 3 is 2.58 bits per heavy atom. The minimum atomic E-state index is -3.87. The van der Waals surface area contributed by atoms with Crippen LogP contribution in [0.5, 0.6) is 5.75 Å². The summed E-state index contributed by atoms with van der Waals surface area (Å²) in [6, 6.07) is 10.9. The third kappa shape index (κ3) is 4.63. The number of amides is 2. The number of carbonyl (C=O) groups excluding carboxylic acids is 2. The lowest BCUT2D eigenvalue weighted by atomic mass is 10.2. The van der Waals surface area contributed by atoms with Crippen molar-refractivity contribution in [3.63, 3.8) is 0 Å². The molecule has 164 valence electrons. The van der Waals surface area contributed by atoms with Gasteiger partial charge in [-0.1, -0.05) is 0 Å². The molecule has 31 heavy (non-hydrogen) atoms. The zero-order valence-electron chi connectivity index (χ0n) is 16.7. The number of sulfonamides is 1. The summed E-state index contributed by atoms with van der Waals surface area (Å²) >= 11 is 1.12. The second-order valence-electron chi connectivity index (χ2n) is 6.92. The van der Waals surface area contributed by atoms with Crippen molar-refractivity contribution in [3.8, 4) is 5.75 Å². The molecule has 0 bridgehead atoms. The van der Waals surface area contributed by atoms with Gasteiger partial charge in [0.25, 0.3) is 10.0 Å². The van der Waals surface area contributed by atoms with Gasteiger partial charge in [-0.05, 0) is 42.5 Å². The number of fused-ring (bicyclic) bond motifs is 1. The van der Waals surface area contributed by atoms with Crippen LogP contribution < -0.4 is 14.8 Å². The van der Waals surface area contributed by atoms with Crippen LogP contribution in [0.3, 0.4) is 0 Å². The molecule has 1 unspecified atom stereocenters. The number of hydrogen-bond acceptors (Lipinski definition) is 7. The molecule has 2 heterocycles. The molecule has 0 radical (unpaired) electrons. The van der Waals surface area contributed by atoms with Crippen molar-refractivity contribution in [2.24, 2.45) is 0 Å².